The Labute approximate surface area is 116 Å². The molecule has 2 rings (SSSR count). The van der Waals surface area contributed by atoms with Crippen LogP contribution in [0.15, 0.2) is 64.0 Å². The highest BCUT2D eigenvalue weighted by atomic mass is 79.9. The molecule has 0 bridgehead atoms. The lowest BCUT2D eigenvalue weighted by atomic mass is 10.1. The number of hydrogen-bond donors (Lipinski definition) is 0. The first-order valence-corrected chi connectivity index (χ1v) is 7.55. The summed E-state index contributed by atoms with van der Waals surface area (Å²) in [5.41, 5.74) is 1.42. The van der Waals surface area contributed by atoms with Crippen LogP contribution in [0.1, 0.15) is 12.0 Å². The molecule has 0 N–H and O–H groups in total. The SMILES string of the molecule is Brc1ccc(CCCSc2ccccc2)cc1. The van der Waals surface area contributed by atoms with Gasteiger partial charge in [0.05, 0.1) is 0 Å². The number of aryl methyl sites for hydroxylation is 1. The molecule has 0 unspecified atom stereocenters. The van der Waals surface area contributed by atoms with E-state index in [-0.39, 0.29) is 0 Å². The van der Waals surface area contributed by atoms with Gasteiger partial charge in [-0.15, -0.1) is 11.8 Å². The van der Waals surface area contributed by atoms with Gasteiger partial charge in [-0.25, -0.2) is 0 Å². The van der Waals surface area contributed by atoms with Crippen molar-refractivity contribution in [3.05, 3.63) is 64.6 Å². The first-order valence-electron chi connectivity index (χ1n) is 5.77. The summed E-state index contributed by atoms with van der Waals surface area (Å²) >= 11 is 5.39. The lowest BCUT2D eigenvalue weighted by Gasteiger charge is -2.02. The average Bonchev–Trinajstić information content (AvgIpc) is 2.38. The normalized spacial score (nSPS) is 10.4. The second kappa shape index (κ2) is 6.87. The summed E-state index contributed by atoms with van der Waals surface area (Å²) in [5, 5.41) is 0. The number of thioether (sulfide) groups is 1. The molecule has 0 atom stereocenters. The van der Waals surface area contributed by atoms with Crippen LogP contribution in [0.5, 0.6) is 0 Å². The van der Waals surface area contributed by atoms with Crippen molar-refractivity contribution in [1.29, 1.82) is 0 Å². The van der Waals surface area contributed by atoms with Gasteiger partial charge in [-0.3, -0.25) is 0 Å². The topological polar surface area (TPSA) is 0 Å². The van der Waals surface area contributed by atoms with E-state index in [2.05, 4.69) is 70.5 Å². The highest BCUT2D eigenvalue weighted by Gasteiger charge is 1.95. The molecule has 2 aromatic carbocycles. The van der Waals surface area contributed by atoms with Crippen molar-refractivity contribution >= 4 is 27.7 Å². The molecule has 88 valence electrons. The van der Waals surface area contributed by atoms with Crippen LogP contribution >= 0.6 is 27.7 Å². The van der Waals surface area contributed by atoms with E-state index >= 15 is 0 Å². The minimum Gasteiger partial charge on any atom is -0.126 e. The molecule has 0 spiro atoms. The molecule has 0 amide bonds. The molecule has 0 aliphatic rings. The minimum atomic E-state index is 1.15. The third-order valence-electron chi connectivity index (χ3n) is 2.53. The third kappa shape index (κ3) is 4.57. The van der Waals surface area contributed by atoms with E-state index in [4.69, 9.17) is 0 Å². The van der Waals surface area contributed by atoms with Crippen molar-refractivity contribution < 1.29 is 0 Å². The van der Waals surface area contributed by atoms with Crippen LogP contribution in [-0.4, -0.2) is 5.75 Å². The van der Waals surface area contributed by atoms with Crippen LogP contribution in [0.2, 0.25) is 0 Å². The van der Waals surface area contributed by atoms with Crippen molar-refractivity contribution in [2.45, 2.75) is 17.7 Å². The summed E-state index contributed by atoms with van der Waals surface area (Å²) in [6.07, 6.45) is 2.38. The van der Waals surface area contributed by atoms with Crippen molar-refractivity contribution in [2.24, 2.45) is 0 Å². The summed E-state index contributed by atoms with van der Waals surface area (Å²) < 4.78 is 1.15. The quantitative estimate of drug-likeness (QED) is 0.542. The maximum absolute atomic E-state index is 3.45. The number of benzene rings is 2. The fraction of sp³-hybridized carbons (Fsp3) is 0.200. The molecule has 2 aromatic rings. The van der Waals surface area contributed by atoms with Gasteiger partial charge in [0.2, 0.25) is 0 Å². The molecule has 0 aromatic heterocycles. The smallest absolute Gasteiger partial charge is 0.0175 e. The Morgan fingerprint density at radius 3 is 2.29 bits per heavy atom. The molecular weight excluding hydrogens is 292 g/mol. The zero-order valence-electron chi connectivity index (χ0n) is 9.60. The van der Waals surface area contributed by atoms with E-state index in [0.29, 0.717) is 0 Å². The molecule has 2 heteroatoms. The fourth-order valence-corrected chi connectivity index (χ4v) is 2.77. The molecule has 0 saturated carbocycles. The third-order valence-corrected chi connectivity index (χ3v) is 4.16. The van der Waals surface area contributed by atoms with Crippen LogP contribution in [-0.2, 0) is 6.42 Å². The number of hydrogen-bond acceptors (Lipinski definition) is 1. The van der Waals surface area contributed by atoms with E-state index in [0.717, 1.165) is 10.9 Å². The Bertz CT molecular complexity index is 436. The molecule has 0 radical (unpaired) electrons. The van der Waals surface area contributed by atoms with Crippen LogP contribution < -0.4 is 0 Å². The Morgan fingerprint density at radius 1 is 0.882 bits per heavy atom. The summed E-state index contributed by atoms with van der Waals surface area (Å²) in [6, 6.07) is 19.2. The molecule has 0 fully saturated rings. The van der Waals surface area contributed by atoms with E-state index < -0.39 is 0 Å². The fourth-order valence-electron chi connectivity index (χ4n) is 1.63. The zero-order chi connectivity index (χ0) is 11.9. The molecule has 0 aliphatic carbocycles. The maximum Gasteiger partial charge on any atom is 0.0175 e. The van der Waals surface area contributed by atoms with Crippen molar-refractivity contribution in [2.75, 3.05) is 5.75 Å². The summed E-state index contributed by atoms with van der Waals surface area (Å²) in [7, 11) is 0. The predicted octanol–water partition coefficient (Wildman–Crippen LogP) is 5.17. The lowest BCUT2D eigenvalue weighted by Crippen LogP contribution is -1.87. The van der Waals surface area contributed by atoms with Gasteiger partial charge in [0.1, 0.15) is 0 Å². The van der Waals surface area contributed by atoms with Gasteiger partial charge in [-0.1, -0.05) is 46.3 Å². The zero-order valence-corrected chi connectivity index (χ0v) is 12.0. The first kappa shape index (κ1) is 12.7. The first-order chi connectivity index (χ1) is 8.34. The van der Waals surface area contributed by atoms with E-state index in [9.17, 15) is 0 Å². The van der Waals surface area contributed by atoms with Gasteiger partial charge in [-0.05, 0) is 48.4 Å². The van der Waals surface area contributed by atoms with Gasteiger partial charge in [0.25, 0.3) is 0 Å². The molecule has 0 aliphatic heterocycles. The minimum absolute atomic E-state index is 1.15. The van der Waals surface area contributed by atoms with Gasteiger partial charge in [-0.2, -0.15) is 0 Å². The van der Waals surface area contributed by atoms with Gasteiger partial charge >= 0.3 is 0 Å². The predicted molar refractivity (Wildman–Crippen MR) is 79.6 cm³/mol. The molecular formula is C15H15BrS. The lowest BCUT2D eigenvalue weighted by molar-refractivity contribution is 0.932. The van der Waals surface area contributed by atoms with E-state index in [1.165, 1.54) is 22.6 Å². The van der Waals surface area contributed by atoms with Gasteiger partial charge < -0.3 is 0 Å². The number of rotatable bonds is 5. The van der Waals surface area contributed by atoms with Crippen molar-refractivity contribution in [3.63, 3.8) is 0 Å². The van der Waals surface area contributed by atoms with Gasteiger partial charge in [0.15, 0.2) is 0 Å². The monoisotopic (exact) mass is 306 g/mol. The highest BCUT2D eigenvalue weighted by Crippen LogP contribution is 2.19. The largest absolute Gasteiger partial charge is 0.126 e. The van der Waals surface area contributed by atoms with E-state index in [1.807, 2.05) is 11.8 Å². The highest BCUT2D eigenvalue weighted by molar-refractivity contribution is 9.10. The van der Waals surface area contributed by atoms with Crippen LogP contribution in [0.4, 0.5) is 0 Å². The molecule has 0 nitrogen and oxygen atoms in total. The molecule has 17 heavy (non-hydrogen) atoms. The summed E-state index contributed by atoms with van der Waals surface area (Å²) in [6.45, 7) is 0. The van der Waals surface area contributed by atoms with Crippen molar-refractivity contribution in [3.8, 4) is 0 Å². The average molecular weight is 307 g/mol. The maximum atomic E-state index is 3.45. The van der Waals surface area contributed by atoms with E-state index in [1.54, 1.807) is 0 Å². The molecule has 0 saturated heterocycles. The second-order valence-electron chi connectivity index (χ2n) is 3.89. The Hall–Kier alpha value is -0.730. The molecule has 0 heterocycles. The summed E-state index contributed by atoms with van der Waals surface area (Å²) in [4.78, 5) is 1.36. The Balaban J connectivity index is 1.71. The Kier molecular flexibility index (Phi) is 5.14. The second-order valence-corrected chi connectivity index (χ2v) is 5.98. The van der Waals surface area contributed by atoms with Crippen LogP contribution in [0.25, 0.3) is 0 Å². The summed E-state index contributed by atoms with van der Waals surface area (Å²) in [5.74, 6) is 1.18. The van der Waals surface area contributed by atoms with Crippen LogP contribution in [0.3, 0.4) is 0 Å². The van der Waals surface area contributed by atoms with Gasteiger partial charge in [0, 0.05) is 9.37 Å². The van der Waals surface area contributed by atoms with Crippen molar-refractivity contribution in [1.82, 2.24) is 0 Å². The standard InChI is InChI=1S/C15H15BrS/c16-14-10-8-13(9-11-14)5-4-12-17-15-6-2-1-3-7-15/h1-3,6-11H,4-5,12H2. The Morgan fingerprint density at radius 2 is 1.59 bits per heavy atom. The number of halogens is 1. The van der Waals surface area contributed by atoms with Crippen LogP contribution in [0, 0.1) is 0 Å².